The Kier molecular flexibility index (Phi) is 4.01. The lowest BCUT2D eigenvalue weighted by molar-refractivity contribution is 0.407. The molecule has 21 heavy (non-hydrogen) atoms. The van der Waals surface area contributed by atoms with Gasteiger partial charge in [0.2, 0.25) is 0 Å². The van der Waals surface area contributed by atoms with Crippen LogP contribution in [0.1, 0.15) is 5.56 Å². The van der Waals surface area contributed by atoms with Crippen molar-refractivity contribution in [2.45, 2.75) is 6.42 Å². The van der Waals surface area contributed by atoms with E-state index in [0.29, 0.717) is 5.65 Å². The number of nitrogens with one attached hydrogen (secondary N) is 2. The van der Waals surface area contributed by atoms with Crippen LogP contribution >= 0.6 is 15.9 Å². The van der Waals surface area contributed by atoms with Crippen LogP contribution in [-0.4, -0.2) is 33.6 Å². The second-order valence-electron chi connectivity index (χ2n) is 4.43. The number of anilines is 1. The summed E-state index contributed by atoms with van der Waals surface area (Å²) in [7, 11) is 1.68. The van der Waals surface area contributed by atoms with E-state index in [2.05, 4.69) is 47.2 Å². The number of rotatable bonds is 5. The largest absolute Gasteiger partial charge is 0.495 e. The molecule has 2 aromatic heterocycles. The highest BCUT2D eigenvalue weighted by Gasteiger charge is 2.08. The molecule has 0 aliphatic heterocycles. The minimum Gasteiger partial charge on any atom is -0.495 e. The van der Waals surface area contributed by atoms with Crippen LogP contribution in [0.3, 0.4) is 0 Å². The molecule has 0 amide bonds. The van der Waals surface area contributed by atoms with Crippen molar-refractivity contribution >= 4 is 32.9 Å². The average molecular weight is 348 g/mol. The van der Waals surface area contributed by atoms with Gasteiger partial charge in [-0.05, 0) is 34.0 Å². The Morgan fingerprint density at radius 2 is 2.19 bits per heavy atom. The topological polar surface area (TPSA) is 75.7 Å². The van der Waals surface area contributed by atoms with E-state index in [9.17, 15) is 0 Å². The van der Waals surface area contributed by atoms with E-state index in [1.54, 1.807) is 13.4 Å². The number of hydrogen-bond donors (Lipinski definition) is 2. The predicted molar refractivity (Wildman–Crippen MR) is 84.6 cm³/mol. The maximum atomic E-state index is 5.42. The van der Waals surface area contributed by atoms with Gasteiger partial charge in [0.25, 0.3) is 0 Å². The zero-order valence-corrected chi connectivity index (χ0v) is 13.0. The van der Waals surface area contributed by atoms with E-state index >= 15 is 0 Å². The third-order valence-electron chi connectivity index (χ3n) is 3.16. The first-order valence-electron chi connectivity index (χ1n) is 6.49. The molecule has 7 heteroatoms. The maximum Gasteiger partial charge on any atom is 0.182 e. The zero-order chi connectivity index (χ0) is 14.7. The van der Waals surface area contributed by atoms with Crippen LogP contribution in [0.4, 0.5) is 5.82 Å². The molecule has 0 atom stereocenters. The second-order valence-corrected chi connectivity index (χ2v) is 5.29. The van der Waals surface area contributed by atoms with E-state index < -0.39 is 0 Å². The van der Waals surface area contributed by atoms with Gasteiger partial charge in [-0.3, -0.25) is 0 Å². The molecular weight excluding hydrogens is 334 g/mol. The van der Waals surface area contributed by atoms with E-state index in [-0.39, 0.29) is 0 Å². The van der Waals surface area contributed by atoms with Crippen LogP contribution in [0.2, 0.25) is 0 Å². The Labute approximate surface area is 130 Å². The van der Waals surface area contributed by atoms with Crippen molar-refractivity contribution in [2.75, 3.05) is 19.0 Å². The zero-order valence-electron chi connectivity index (χ0n) is 11.4. The van der Waals surface area contributed by atoms with Gasteiger partial charge in [0.05, 0.1) is 17.9 Å². The van der Waals surface area contributed by atoms with E-state index in [0.717, 1.165) is 40.1 Å². The number of benzene rings is 1. The van der Waals surface area contributed by atoms with Crippen molar-refractivity contribution in [3.63, 3.8) is 0 Å². The summed E-state index contributed by atoms with van der Waals surface area (Å²) in [4.78, 5) is 15.5. The molecule has 3 aromatic rings. The lowest BCUT2D eigenvalue weighted by atomic mass is 10.1. The summed E-state index contributed by atoms with van der Waals surface area (Å²) < 4.78 is 6.38. The van der Waals surface area contributed by atoms with E-state index in [1.165, 1.54) is 6.33 Å². The Hall–Kier alpha value is -2.15. The Bertz CT molecular complexity index is 758. The Morgan fingerprint density at radius 3 is 3.05 bits per heavy atom. The molecule has 0 spiro atoms. The highest BCUT2D eigenvalue weighted by Crippen LogP contribution is 2.29. The molecule has 0 saturated carbocycles. The third-order valence-corrected chi connectivity index (χ3v) is 3.79. The maximum absolute atomic E-state index is 5.42. The summed E-state index contributed by atoms with van der Waals surface area (Å²) >= 11 is 3.49. The SMILES string of the molecule is COc1c(Br)cccc1CCNc1ncnc2nc[nH]c12. The first-order chi connectivity index (χ1) is 10.3. The van der Waals surface area contributed by atoms with Gasteiger partial charge in [-0.2, -0.15) is 0 Å². The first kappa shape index (κ1) is 13.8. The fraction of sp³-hybridized carbons (Fsp3) is 0.214. The van der Waals surface area contributed by atoms with Crippen molar-refractivity contribution in [3.05, 3.63) is 40.9 Å². The lowest BCUT2D eigenvalue weighted by Gasteiger charge is -2.11. The molecular formula is C14H14BrN5O. The minimum absolute atomic E-state index is 0.660. The standard InChI is InChI=1S/C14H14BrN5O/c1-21-12-9(3-2-4-10(12)15)5-6-16-13-11-14(18-7-17-11)20-8-19-13/h2-4,7-8H,5-6H2,1H3,(H2,16,17,18,19,20). The van der Waals surface area contributed by atoms with Gasteiger partial charge in [0, 0.05) is 6.54 Å². The smallest absolute Gasteiger partial charge is 0.182 e. The van der Waals surface area contributed by atoms with Gasteiger partial charge in [-0.1, -0.05) is 12.1 Å². The summed E-state index contributed by atoms with van der Waals surface area (Å²) in [6.07, 6.45) is 3.94. The molecule has 0 fully saturated rings. The normalized spacial score (nSPS) is 10.8. The number of aromatic nitrogens is 4. The van der Waals surface area contributed by atoms with Crippen molar-refractivity contribution in [2.24, 2.45) is 0 Å². The van der Waals surface area contributed by atoms with Gasteiger partial charge in [0.15, 0.2) is 11.5 Å². The fourth-order valence-corrected chi connectivity index (χ4v) is 2.76. The average Bonchev–Trinajstić information content (AvgIpc) is 2.97. The van der Waals surface area contributed by atoms with Crippen LogP contribution in [0, 0.1) is 0 Å². The number of fused-ring (bicyclic) bond motifs is 1. The van der Waals surface area contributed by atoms with Crippen molar-refractivity contribution in [3.8, 4) is 5.75 Å². The Morgan fingerprint density at radius 1 is 1.29 bits per heavy atom. The van der Waals surface area contributed by atoms with Crippen LogP contribution < -0.4 is 10.1 Å². The number of para-hydroxylation sites is 1. The van der Waals surface area contributed by atoms with Gasteiger partial charge >= 0.3 is 0 Å². The molecule has 0 aliphatic rings. The number of nitrogens with zero attached hydrogens (tertiary/aromatic N) is 3. The highest BCUT2D eigenvalue weighted by atomic mass is 79.9. The molecule has 108 valence electrons. The number of hydrogen-bond acceptors (Lipinski definition) is 5. The summed E-state index contributed by atoms with van der Waals surface area (Å²) in [5.41, 5.74) is 2.61. The van der Waals surface area contributed by atoms with Gasteiger partial charge in [0.1, 0.15) is 17.6 Å². The molecule has 1 aromatic carbocycles. The molecule has 0 aliphatic carbocycles. The minimum atomic E-state index is 0.660. The van der Waals surface area contributed by atoms with E-state index in [4.69, 9.17) is 4.74 Å². The van der Waals surface area contributed by atoms with Crippen molar-refractivity contribution in [1.29, 1.82) is 0 Å². The molecule has 2 heterocycles. The fourth-order valence-electron chi connectivity index (χ4n) is 2.19. The number of aromatic amines is 1. The number of methoxy groups -OCH3 is 1. The molecule has 6 nitrogen and oxygen atoms in total. The molecule has 0 bridgehead atoms. The quantitative estimate of drug-likeness (QED) is 0.742. The second kappa shape index (κ2) is 6.09. The monoisotopic (exact) mass is 347 g/mol. The number of imidazole rings is 1. The summed E-state index contributed by atoms with van der Waals surface area (Å²) in [5, 5.41) is 3.30. The molecule has 0 radical (unpaired) electrons. The van der Waals surface area contributed by atoms with Crippen LogP contribution in [-0.2, 0) is 6.42 Å². The lowest BCUT2D eigenvalue weighted by Crippen LogP contribution is -2.08. The Balaban J connectivity index is 1.72. The third kappa shape index (κ3) is 2.82. The predicted octanol–water partition coefficient (Wildman–Crippen LogP) is 2.78. The first-order valence-corrected chi connectivity index (χ1v) is 7.28. The van der Waals surface area contributed by atoms with E-state index in [1.807, 2.05) is 12.1 Å². The molecule has 3 rings (SSSR count). The van der Waals surface area contributed by atoms with Gasteiger partial charge in [-0.15, -0.1) is 0 Å². The highest BCUT2D eigenvalue weighted by molar-refractivity contribution is 9.10. The van der Waals surface area contributed by atoms with Crippen molar-refractivity contribution in [1.82, 2.24) is 19.9 Å². The van der Waals surface area contributed by atoms with Gasteiger partial charge < -0.3 is 15.0 Å². The van der Waals surface area contributed by atoms with Crippen molar-refractivity contribution < 1.29 is 4.74 Å². The number of H-pyrrole nitrogens is 1. The number of halogens is 1. The molecule has 0 unspecified atom stereocenters. The van der Waals surface area contributed by atoms with Crippen LogP contribution in [0.15, 0.2) is 35.3 Å². The summed E-state index contributed by atoms with van der Waals surface area (Å²) in [6.45, 7) is 0.734. The molecule has 2 N–H and O–H groups in total. The van der Waals surface area contributed by atoms with Crippen LogP contribution in [0.25, 0.3) is 11.2 Å². The summed E-state index contributed by atoms with van der Waals surface area (Å²) in [5.74, 6) is 1.63. The van der Waals surface area contributed by atoms with Gasteiger partial charge in [-0.25, -0.2) is 15.0 Å². The molecule has 0 saturated heterocycles. The number of ether oxygens (including phenoxy) is 1. The summed E-state index contributed by atoms with van der Waals surface area (Å²) in [6, 6.07) is 6.02. The van der Waals surface area contributed by atoms with Crippen LogP contribution in [0.5, 0.6) is 5.75 Å².